The number of hydrogen-bond acceptors (Lipinski definition) is 2. The molecule has 0 aliphatic carbocycles. The fourth-order valence-corrected chi connectivity index (χ4v) is 3.11. The largest absolute Gasteiger partial charge is 0.247 e. The zero-order valence-corrected chi connectivity index (χ0v) is 13.2. The second-order valence-corrected chi connectivity index (χ2v) is 6.02. The van der Waals surface area contributed by atoms with E-state index in [9.17, 15) is 4.39 Å². The van der Waals surface area contributed by atoms with E-state index in [-0.39, 0.29) is 5.82 Å². The van der Waals surface area contributed by atoms with Crippen LogP contribution in [0.5, 0.6) is 0 Å². The van der Waals surface area contributed by atoms with Crippen LogP contribution >= 0.6 is 23.4 Å². The molecule has 0 amide bonds. The van der Waals surface area contributed by atoms with Crippen molar-refractivity contribution >= 4 is 34.3 Å². The highest BCUT2D eigenvalue weighted by molar-refractivity contribution is 7.98. The maximum absolute atomic E-state index is 14.0. The van der Waals surface area contributed by atoms with Gasteiger partial charge in [0.15, 0.2) is 0 Å². The van der Waals surface area contributed by atoms with Crippen LogP contribution in [-0.2, 0) is 0 Å². The lowest BCUT2D eigenvalue weighted by Gasteiger charge is -2.11. The fraction of sp³-hybridized carbons (Fsp3) is 0.118. The third kappa shape index (κ3) is 2.52. The second-order valence-electron chi connectivity index (χ2n) is 4.77. The molecule has 0 saturated heterocycles. The molecule has 0 unspecified atom stereocenters. The highest BCUT2D eigenvalue weighted by atomic mass is 35.5. The van der Waals surface area contributed by atoms with Crippen LogP contribution in [0.4, 0.5) is 4.39 Å². The van der Waals surface area contributed by atoms with Crippen molar-refractivity contribution in [1.82, 2.24) is 4.98 Å². The molecule has 21 heavy (non-hydrogen) atoms. The fourth-order valence-electron chi connectivity index (χ4n) is 2.37. The number of hydrogen-bond donors (Lipinski definition) is 0. The predicted molar refractivity (Wildman–Crippen MR) is 88.7 cm³/mol. The molecule has 0 spiro atoms. The minimum Gasteiger partial charge on any atom is -0.247 e. The van der Waals surface area contributed by atoms with Crippen LogP contribution in [0.15, 0.2) is 47.4 Å². The van der Waals surface area contributed by atoms with Crippen LogP contribution in [0.1, 0.15) is 5.56 Å². The van der Waals surface area contributed by atoms with Crippen LogP contribution < -0.4 is 0 Å². The van der Waals surface area contributed by atoms with E-state index in [1.807, 2.05) is 31.4 Å². The Hall–Kier alpha value is -1.58. The topological polar surface area (TPSA) is 12.9 Å². The molecule has 0 N–H and O–H groups in total. The van der Waals surface area contributed by atoms with Crippen LogP contribution in [0, 0.1) is 12.7 Å². The van der Waals surface area contributed by atoms with E-state index in [0.717, 1.165) is 21.7 Å². The van der Waals surface area contributed by atoms with Crippen LogP contribution in [-0.4, -0.2) is 11.2 Å². The van der Waals surface area contributed by atoms with Gasteiger partial charge in [-0.25, -0.2) is 9.37 Å². The Bertz CT molecular complexity index is 832. The van der Waals surface area contributed by atoms with Crippen LogP contribution in [0.3, 0.4) is 0 Å². The molecule has 3 rings (SSSR count). The third-order valence-corrected chi connectivity index (χ3v) is 4.67. The zero-order chi connectivity index (χ0) is 15.0. The highest BCUT2D eigenvalue weighted by Gasteiger charge is 2.14. The molecule has 3 aromatic rings. The van der Waals surface area contributed by atoms with Crippen molar-refractivity contribution in [2.24, 2.45) is 0 Å². The average molecular weight is 318 g/mol. The molecule has 0 aliphatic heterocycles. The Labute approximate surface area is 132 Å². The average Bonchev–Trinajstić information content (AvgIpc) is 2.50. The molecule has 0 fully saturated rings. The number of benzene rings is 2. The van der Waals surface area contributed by atoms with Gasteiger partial charge in [-0.05, 0) is 43.0 Å². The summed E-state index contributed by atoms with van der Waals surface area (Å²) in [5.41, 5.74) is 3.17. The lowest BCUT2D eigenvalue weighted by atomic mass is 10.0. The quantitative estimate of drug-likeness (QED) is 0.560. The molecule has 2 aromatic carbocycles. The summed E-state index contributed by atoms with van der Waals surface area (Å²) in [5, 5.41) is 0.823. The summed E-state index contributed by atoms with van der Waals surface area (Å²) in [5.74, 6) is -0.336. The summed E-state index contributed by atoms with van der Waals surface area (Å²) < 4.78 is 14.0. The first kappa shape index (κ1) is 14.4. The standard InChI is InChI=1S/C17H13ClFNS/c1-10-16(18)15-13(19)7-4-8-14(15)20-17(10)11-5-3-6-12(9-11)21-2/h3-9H,1-2H3. The smallest absolute Gasteiger partial charge is 0.134 e. The Balaban J connectivity index is 2.31. The van der Waals surface area contributed by atoms with Gasteiger partial charge in [-0.1, -0.05) is 29.8 Å². The van der Waals surface area contributed by atoms with Gasteiger partial charge in [0, 0.05) is 10.5 Å². The van der Waals surface area contributed by atoms with E-state index >= 15 is 0 Å². The molecule has 0 radical (unpaired) electrons. The lowest BCUT2D eigenvalue weighted by molar-refractivity contribution is 0.639. The van der Waals surface area contributed by atoms with E-state index in [4.69, 9.17) is 11.6 Å². The van der Waals surface area contributed by atoms with Gasteiger partial charge in [0.1, 0.15) is 5.82 Å². The minimum atomic E-state index is -0.336. The normalized spacial score (nSPS) is 11.0. The molecule has 0 aliphatic rings. The summed E-state index contributed by atoms with van der Waals surface area (Å²) in [6.45, 7) is 1.88. The van der Waals surface area contributed by atoms with Gasteiger partial charge >= 0.3 is 0 Å². The summed E-state index contributed by atoms with van der Waals surface area (Å²) in [6.07, 6.45) is 2.03. The Kier molecular flexibility index (Phi) is 3.87. The van der Waals surface area contributed by atoms with Gasteiger partial charge in [-0.2, -0.15) is 0 Å². The molecule has 0 saturated carbocycles. The van der Waals surface area contributed by atoms with Gasteiger partial charge in [0.05, 0.1) is 21.6 Å². The monoisotopic (exact) mass is 317 g/mol. The lowest BCUT2D eigenvalue weighted by Crippen LogP contribution is -1.94. The number of aromatic nitrogens is 1. The number of nitrogens with zero attached hydrogens (tertiary/aromatic N) is 1. The van der Waals surface area contributed by atoms with Gasteiger partial charge in [-0.15, -0.1) is 11.8 Å². The van der Waals surface area contributed by atoms with Crippen molar-refractivity contribution in [3.8, 4) is 11.3 Å². The molecule has 4 heteroatoms. The van der Waals surface area contributed by atoms with Crippen molar-refractivity contribution in [1.29, 1.82) is 0 Å². The molecular weight excluding hydrogens is 305 g/mol. The highest BCUT2D eigenvalue weighted by Crippen LogP contribution is 2.35. The second kappa shape index (κ2) is 5.66. The Morgan fingerprint density at radius 3 is 2.67 bits per heavy atom. The molecular formula is C17H13ClFNS. The number of fused-ring (bicyclic) bond motifs is 1. The maximum Gasteiger partial charge on any atom is 0.134 e. The van der Waals surface area contributed by atoms with E-state index < -0.39 is 0 Å². The number of thioether (sulfide) groups is 1. The number of rotatable bonds is 2. The SMILES string of the molecule is CSc1cccc(-c2nc3cccc(F)c3c(Cl)c2C)c1. The first-order valence-corrected chi connectivity index (χ1v) is 8.11. The minimum absolute atomic E-state index is 0.336. The zero-order valence-electron chi connectivity index (χ0n) is 11.7. The number of pyridine rings is 1. The first-order valence-electron chi connectivity index (χ1n) is 6.50. The summed E-state index contributed by atoms with van der Waals surface area (Å²) >= 11 is 8.05. The van der Waals surface area contributed by atoms with Crippen LogP contribution in [0.25, 0.3) is 22.2 Å². The van der Waals surface area contributed by atoms with Gasteiger partial charge < -0.3 is 0 Å². The van der Waals surface area contributed by atoms with Gasteiger partial charge in [0.25, 0.3) is 0 Å². The summed E-state index contributed by atoms with van der Waals surface area (Å²) in [7, 11) is 0. The molecule has 1 aromatic heterocycles. The molecule has 1 nitrogen and oxygen atoms in total. The first-order chi connectivity index (χ1) is 10.1. The van der Waals surface area contributed by atoms with E-state index in [2.05, 4.69) is 11.1 Å². The molecule has 0 bridgehead atoms. The summed E-state index contributed by atoms with van der Waals surface area (Å²) in [6, 6.07) is 12.9. The number of halogens is 2. The van der Waals surface area contributed by atoms with E-state index in [1.165, 1.54) is 6.07 Å². The van der Waals surface area contributed by atoms with Crippen LogP contribution in [0.2, 0.25) is 5.02 Å². The Morgan fingerprint density at radius 2 is 1.90 bits per heavy atom. The maximum atomic E-state index is 14.0. The van der Waals surface area contributed by atoms with Crippen molar-refractivity contribution < 1.29 is 4.39 Å². The van der Waals surface area contributed by atoms with Crippen molar-refractivity contribution in [3.05, 3.63) is 58.9 Å². The van der Waals surface area contributed by atoms with Gasteiger partial charge in [-0.3, -0.25) is 0 Å². The molecule has 106 valence electrons. The van der Waals surface area contributed by atoms with E-state index in [0.29, 0.717) is 15.9 Å². The summed E-state index contributed by atoms with van der Waals surface area (Å²) in [4.78, 5) is 5.77. The van der Waals surface area contributed by atoms with Crippen molar-refractivity contribution in [2.45, 2.75) is 11.8 Å². The third-order valence-electron chi connectivity index (χ3n) is 3.47. The molecule has 0 atom stereocenters. The predicted octanol–water partition coefficient (Wildman–Crippen LogP) is 5.72. The van der Waals surface area contributed by atoms with Crippen molar-refractivity contribution in [3.63, 3.8) is 0 Å². The van der Waals surface area contributed by atoms with E-state index in [1.54, 1.807) is 23.9 Å². The van der Waals surface area contributed by atoms with Crippen molar-refractivity contribution in [2.75, 3.05) is 6.26 Å². The molecule has 1 heterocycles. The Morgan fingerprint density at radius 1 is 1.14 bits per heavy atom. The van der Waals surface area contributed by atoms with Gasteiger partial charge in [0.2, 0.25) is 0 Å².